The summed E-state index contributed by atoms with van der Waals surface area (Å²) in [7, 11) is 4.48. The van der Waals surface area contributed by atoms with Crippen LogP contribution in [0.5, 0.6) is 17.2 Å². The zero-order chi connectivity index (χ0) is 20.3. The van der Waals surface area contributed by atoms with Crippen molar-refractivity contribution in [2.45, 2.75) is 12.7 Å². The van der Waals surface area contributed by atoms with Crippen LogP contribution in [0.15, 0.2) is 24.5 Å². The normalized spacial score (nSPS) is 16.9. The number of carbonyl (C=O) groups is 1. The number of halogens is 2. The molecule has 1 amide bonds. The van der Waals surface area contributed by atoms with E-state index in [2.05, 4.69) is 15.0 Å². The molecular weight excluding hydrogens is 374 g/mol. The highest BCUT2D eigenvalue weighted by Crippen LogP contribution is 2.40. The van der Waals surface area contributed by atoms with Gasteiger partial charge in [-0.2, -0.15) is 8.78 Å². The van der Waals surface area contributed by atoms with Gasteiger partial charge in [-0.3, -0.25) is 4.79 Å². The number of piperazine rings is 1. The maximum atomic E-state index is 13.2. The number of nitrogens with one attached hydrogen (secondary N) is 1. The average molecular weight is 396 g/mol. The number of rotatable bonds is 6. The van der Waals surface area contributed by atoms with Gasteiger partial charge in [-0.05, 0) is 12.1 Å². The summed E-state index contributed by atoms with van der Waals surface area (Å²) in [5, 5.41) is 3.26. The number of methoxy groups -OCH3 is 2. The van der Waals surface area contributed by atoms with Gasteiger partial charge in [0.05, 0.1) is 14.2 Å². The number of hydrogen-bond donors (Lipinski definition) is 1. The Morgan fingerprint density at radius 3 is 2.50 bits per heavy atom. The Bertz CT molecular complexity index is 818. The molecule has 1 fully saturated rings. The lowest BCUT2D eigenvalue weighted by Crippen LogP contribution is -2.49. The summed E-state index contributed by atoms with van der Waals surface area (Å²) in [4.78, 5) is 19.3. The third-order valence-electron chi connectivity index (χ3n) is 4.58. The third-order valence-corrected chi connectivity index (χ3v) is 4.58. The molecule has 28 heavy (non-hydrogen) atoms. The minimum Gasteiger partial charge on any atom is -0.493 e. The van der Waals surface area contributed by atoms with Gasteiger partial charge in [0.15, 0.2) is 11.5 Å². The number of benzene rings is 1. The molecular formula is C18H22F2N4O4. The van der Waals surface area contributed by atoms with Gasteiger partial charge in [-0.15, -0.1) is 0 Å². The number of imidazole rings is 1. The quantitative estimate of drug-likeness (QED) is 0.803. The number of aromatic nitrogens is 2. The molecule has 0 saturated carbocycles. The molecule has 2 heterocycles. The number of hydrogen-bond acceptors (Lipinski definition) is 6. The number of aryl methyl sites for hydroxylation is 1. The molecule has 2 aromatic rings. The van der Waals surface area contributed by atoms with Gasteiger partial charge in [-0.1, -0.05) is 0 Å². The van der Waals surface area contributed by atoms with Gasteiger partial charge in [0.1, 0.15) is 11.9 Å². The van der Waals surface area contributed by atoms with Crippen LogP contribution in [-0.2, 0) is 7.05 Å². The monoisotopic (exact) mass is 396 g/mol. The van der Waals surface area contributed by atoms with Crippen LogP contribution in [0.4, 0.5) is 8.78 Å². The molecule has 0 radical (unpaired) electrons. The first-order valence-corrected chi connectivity index (χ1v) is 8.66. The van der Waals surface area contributed by atoms with Crippen LogP contribution in [0.2, 0.25) is 0 Å². The zero-order valence-electron chi connectivity index (χ0n) is 15.8. The maximum Gasteiger partial charge on any atom is 0.387 e. The van der Waals surface area contributed by atoms with Crippen LogP contribution < -0.4 is 19.5 Å². The molecule has 1 N–H and O–H groups in total. The molecule has 0 bridgehead atoms. The van der Waals surface area contributed by atoms with Gasteiger partial charge in [0.25, 0.3) is 5.91 Å². The Hall–Kier alpha value is -2.88. The molecule has 8 nitrogen and oxygen atoms in total. The highest BCUT2D eigenvalue weighted by atomic mass is 19.3. The Morgan fingerprint density at radius 2 is 1.96 bits per heavy atom. The Morgan fingerprint density at radius 1 is 1.29 bits per heavy atom. The number of nitrogens with zero attached hydrogens (tertiary/aromatic N) is 3. The molecule has 1 saturated heterocycles. The van der Waals surface area contributed by atoms with Gasteiger partial charge in [0, 0.05) is 44.6 Å². The molecule has 0 aliphatic carbocycles. The maximum absolute atomic E-state index is 13.2. The van der Waals surface area contributed by atoms with E-state index < -0.39 is 6.61 Å². The van der Waals surface area contributed by atoms with Crippen LogP contribution in [0.1, 0.15) is 22.2 Å². The number of ether oxygens (including phenoxy) is 3. The SMILES string of the molecule is COc1cc(C(=O)N2CCNCC2c2nccn2C)cc(OC)c1OC(F)F. The number of carbonyl (C=O) groups excluding carboxylic acids is 1. The average Bonchev–Trinajstić information content (AvgIpc) is 3.12. The number of alkyl halides is 2. The second-order valence-electron chi connectivity index (χ2n) is 6.20. The summed E-state index contributed by atoms with van der Waals surface area (Å²) in [6.45, 7) is -1.40. The van der Waals surface area contributed by atoms with Crippen molar-refractivity contribution >= 4 is 5.91 Å². The van der Waals surface area contributed by atoms with Crippen LogP contribution in [0.25, 0.3) is 0 Å². The summed E-state index contributed by atoms with van der Waals surface area (Å²) in [6.07, 6.45) is 3.49. The minimum atomic E-state index is -3.05. The van der Waals surface area contributed by atoms with Crippen molar-refractivity contribution in [3.63, 3.8) is 0 Å². The fourth-order valence-corrected chi connectivity index (χ4v) is 3.25. The predicted molar refractivity (Wildman–Crippen MR) is 96.0 cm³/mol. The van der Waals surface area contributed by atoms with Crippen LogP contribution >= 0.6 is 0 Å². The van der Waals surface area contributed by atoms with Crippen molar-refractivity contribution < 1.29 is 27.8 Å². The molecule has 152 valence electrons. The number of amides is 1. The molecule has 1 aromatic heterocycles. The lowest BCUT2D eigenvalue weighted by atomic mass is 10.1. The van der Waals surface area contributed by atoms with E-state index in [-0.39, 0.29) is 34.8 Å². The molecule has 0 spiro atoms. The molecule has 3 rings (SSSR count). The highest BCUT2D eigenvalue weighted by Gasteiger charge is 2.32. The first-order valence-electron chi connectivity index (χ1n) is 8.66. The van der Waals surface area contributed by atoms with E-state index in [4.69, 9.17) is 9.47 Å². The van der Waals surface area contributed by atoms with Gasteiger partial charge < -0.3 is 29.0 Å². The van der Waals surface area contributed by atoms with Crippen molar-refractivity contribution in [3.8, 4) is 17.2 Å². The molecule has 1 aliphatic rings. The fraction of sp³-hybridized carbons (Fsp3) is 0.444. The summed E-state index contributed by atoms with van der Waals surface area (Å²) in [5.41, 5.74) is 0.247. The van der Waals surface area contributed by atoms with Crippen LogP contribution in [-0.4, -0.2) is 60.8 Å². The minimum absolute atomic E-state index is 0.00771. The smallest absolute Gasteiger partial charge is 0.387 e. The largest absolute Gasteiger partial charge is 0.493 e. The lowest BCUT2D eigenvalue weighted by molar-refractivity contribution is -0.0526. The van der Waals surface area contributed by atoms with E-state index in [0.29, 0.717) is 19.6 Å². The van der Waals surface area contributed by atoms with Crippen LogP contribution in [0.3, 0.4) is 0 Å². The second kappa shape index (κ2) is 8.42. The second-order valence-corrected chi connectivity index (χ2v) is 6.20. The Kier molecular flexibility index (Phi) is 5.98. The predicted octanol–water partition coefficient (Wildman–Crippen LogP) is 1.83. The molecule has 1 aliphatic heterocycles. The summed E-state index contributed by atoms with van der Waals surface area (Å²) < 4.78 is 42.1. The van der Waals surface area contributed by atoms with E-state index >= 15 is 0 Å². The van der Waals surface area contributed by atoms with E-state index in [1.165, 1.54) is 26.4 Å². The van der Waals surface area contributed by atoms with Crippen molar-refractivity contribution in [1.29, 1.82) is 0 Å². The van der Waals surface area contributed by atoms with Crippen molar-refractivity contribution in [3.05, 3.63) is 35.9 Å². The van der Waals surface area contributed by atoms with E-state index in [9.17, 15) is 13.6 Å². The lowest BCUT2D eigenvalue weighted by Gasteiger charge is -2.36. The third kappa shape index (κ3) is 3.86. The van der Waals surface area contributed by atoms with Gasteiger partial charge in [-0.25, -0.2) is 4.98 Å². The van der Waals surface area contributed by atoms with E-state index in [1.807, 2.05) is 17.8 Å². The highest BCUT2D eigenvalue weighted by molar-refractivity contribution is 5.96. The Balaban J connectivity index is 1.97. The molecule has 10 heteroatoms. The van der Waals surface area contributed by atoms with Crippen molar-refractivity contribution in [2.24, 2.45) is 7.05 Å². The van der Waals surface area contributed by atoms with E-state index in [1.54, 1.807) is 11.1 Å². The summed E-state index contributed by atoms with van der Waals surface area (Å²) in [5.74, 6) is 0.197. The first-order chi connectivity index (χ1) is 13.5. The topological polar surface area (TPSA) is 77.9 Å². The summed E-state index contributed by atoms with van der Waals surface area (Å²) >= 11 is 0. The van der Waals surface area contributed by atoms with Crippen molar-refractivity contribution in [2.75, 3.05) is 33.9 Å². The van der Waals surface area contributed by atoms with Crippen molar-refractivity contribution in [1.82, 2.24) is 19.8 Å². The standard InChI is InChI=1S/C18H22F2N4O4/c1-23-6-5-22-16(23)12-10-21-4-7-24(12)17(25)11-8-13(26-2)15(28-18(19)20)14(9-11)27-3/h5-6,8-9,12,18,21H,4,7,10H2,1-3H3. The molecule has 1 unspecified atom stereocenters. The zero-order valence-corrected chi connectivity index (χ0v) is 15.8. The van der Waals surface area contributed by atoms with Gasteiger partial charge >= 0.3 is 6.61 Å². The molecule has 1 aromatic carbocycles. The Labute approximate surface area is 161 Å². The van der Waals surface area contributed by atoms with E-state index in [0.717, 1.165) is 5.82 Å². The first kappa shape index (κ1) is 19.9. The van der Waals surface area contributed by atoms with Gasteiger partial charge in [0.2, 0.25) is 5.75 Å². The van der Waals surface area contributed by atoms with Crippen LogP contribution in [0, 0.1) is 0 Å². The summed E-state index contributed by atoms with van der Waals surface area (Å²) in [6, 6.07) is 2.48. The molecule has 1 atom stereocenters. The fourth-order valence-electron chi connectivity index (χ4n) is 3.25.